The summed E-state index contributed by atoms with van der Waals surface area (Å²) in [5.41, 5.74) is 2.15. The Morgan fingerprint density at radius 3 is 2.52 bits per heavy atom. The minimum Gasteiger partial charge on any atom is -0.368 e. The van der Waals surface area contributed by atoms with Crippen LogP contribution in [0, 0.1) is 5.82 Å². The van der Waals surface area contributed by atoms with E-state index < -0.39 is 9.84 Å². The maximum atomic E-state index is 13.4. The van der Waals surface area contributed by atoms with E-state index in [1.54, 1.807) is 11.0 Å². The summed E-state index contributed by atoms with van der Waals surface area (Å²) in [6.07, 6.45) is 3.91. The van der Waals surface area contributed by atoms with E-state index in [0.717, 1.165) is 37.1 Å². The number of anilines is 1. The van der Waals surface area contributed by atoms with Crippen molar-refractivity contribution in [3.63, 3.8) is 0 Å². The van der Waals surface area contributed by atoms with Crippen LogP contribution in [0.2, 0.25) is 0 Å². The summed E-state index contributed by atoms with van der Waals surface area (Å²) in [7, 11) is -3.25. The number of amides is 1. The lowest BCUT2D eigenvalue weighted by atomic mass is 10.0. The molecule has 2 fully saturated rings. The number of sulfone groups is 1. The fourth-order valence-corrected chi connectivity index (χ4v) is 5.63. The molecule has 5 nitrogen and oxygen atoms in total. The average molecular weight is 366 g/mol. The molecule has 2 aliphatic heterocycles. The third-order valence-electron chi connectivity index (χ3n) is 5.59. The molecule has 1 saturated carbocycles. The van der Waals surface area contributed by atoms with E-state index in [9.17, 15) is 17.6 Å². The Bertz CT molecular complexity index is 784. The highest BCUT2D eigenvalue weighted by Gasteiger charge is 2.38. The fourth-order valence-electron chi connectivity index (χ4n) is 4.01. The topological polar surface area (TPSA) is 57.7 Å². The van der Waals surface area contributed by atoms with Gasteiger partial charge in [-0.3, -0.25) is 4.79 Å². The number of nitrogens with zero attached hydrogens (tertiary/aromatic N) is 2. The number of carbonyl (C=O) groups is 1. The predicted octanol–water partition coefficient (Wildman–Crippen LogP) is 1.76. The highest BCUT2D eigenvalue weighted by molar-refractivity contribution is 7.93. The van der Waals surface area contributed by atoms with E-state index in [0.29, 0.717) is 32.0 Å². The minimum absolute atomic E-state index is 0.196. The van der Waals surface area contributed by atoms with Crippen LogP contribution in [0.4, 0.5) is 10.1 Å². The van der Waals surface area contributed by atoms with Crippen LogP contribution in [0.25, 0.3) is 0 Å². The molecule has 1 aromatic carbocycles. The van der Waals surface area contributed by atoms with Gasteiger partial charge in [-0.05, 0) is 55.9 Å². The van der Waals surface area contributed by atoms with Crippen molar-refractivity contribution in [3.8, 4) is 0 Å². The molecule has 0 aromatic heterocycles. The number of fused-ring (bicyclic) bond motifs is 1. The van der Waals surface area contributed by atoms with Crippen molar-refractivity contribution in [1.82, 2.24) is 4.90 Å². The lowest BCUT2D eigenvalue weighted by Gasteiger charge is -2.38. The van der Waals surface area contributed by atoms with Crippen molar-refractivity contribution in [2.24, 2.45) is 0 Å². The van der Waals surface area contributed by atoms with Crippen molar-refractivity contribution < 1.29 is 17.6 Å². The van der Waals surface area contributed by atoms with Crippen LogP contribution in [0.3, 0.4) is 0 Å². The molecule has 1 saturated heterocycles. The molecule has 25 heavy (non-hydrogen) atoms. The van der Waals surface area contributed by atoms with E-state index in [1.165, 1.54) is 6.07 Å². The first-order valence-electron chi connectivity index (χ1n) is 8.98. The second-order valence-electron chi connectivity index (χ2n) is 7.33. The van der Waals surface area contributed by atoms with Crippen LogP contribution in [0.1, 0.15) is 31.2 Å². The van der Waals surface area contributed by atoms with Gasteiger partial charge in [-0.25, -0.2) is 12.8 Å². The van der Waals surface area contributed by atoms with Crippen LogP contribution in [-0.4, -0.2) is 55.9 Å². The molecule has 1 amide bonds. The minimum atomic E-state index is -3.25. The van der Waals surface area contributed by atoms with E-state index in [-0.39, 0.29) is 22.7 Å². The Morgan fingerprint density at radius 1 is 1.12 bits per heavy atom. The Kier molecular flexibility index (Phi) is 4.22. The zero-order valence-corrected chi connectivity index (χ0v) is 15.0. The Morgan fingerprint density at radius 2 is 1.84 bits per heavy atom. The van der Waals surface area contributed by atoms with Gasteiger partial charge in [0.05, 0.1) is 5.25 Å². The maximum absolute atomic E-state index is 13.4. The number of benzene rings is 1. The highest BCUT2D eigenvalue weighted by Crippen LogP contribution is 2.33. The van der Waals surface area contributed by atoms with Crippen molar-refractivity contribution in [2.45, 2.75) is 43.4 Å². The smallest absolute Gasteiger partial charge is 0.237 e. The number of likely N-dealkylation sites (tertiary alicyclic amines) is 1. The highest BCUT2D eigenvalue weighted by atomic mass is 32.2. The van der Waals surface area contributed by atoms with E-state index in [1.807, 2.05) is 6.07 Å². The normalized spacial score (nSPS) is 21.5. The second kappa shape index (κ2) is 6.27. The van der Waals surface area contributed by atoms with Crippen LogP contribution in [-0.2, 0) is 21.1 Å². The van der Waals surface area contributed by atoms with E-state index >= 15 is 0 Å². The first kappa shape index (κ1) is 16.8. The molecule has 0 radical (unpaired) electrons. The molecule has 3 aliphatic rings. The number of carbonyl (C=O) groups excluding carboxylic acids is 1. The summed E-state index contributed by atoms with van der Waals surface area (Å²) in [6.45, 7) is 2.07. The van der Waals surface area contributed by atoms with Gasteiger partial charge in [-0.2, -0.15) is 0 Å². The molecule has 0 N–H and O–H groups in total. The summed E-state index contributed by atoms with van der Waals surface area (Å²) in [5.74, 6) is -0.791. The van der Waals surface area contributed by atoms with Gasteiger partial charge in [0.25, 0.3) is 0 Å². The Labute approximate surface area is 147 Å². The molecule has 0 atom stereocenters. The molecule has 2 heterocycles. The summed E-state index contributed by atoms with van der Waals surface area (Å²) < 4.78 is 37.4. The molecule has 7 heteroatoms. The zero-order valence-electron chi connectivity index (χ0n) is 14.2. The molecular formula is C18H23FN2O3S. The van der Waals surface area contributed by atoms with Crippen molar-refractivity contribution in [2.75, 3.05) is 30.3 Å². The summed E-state index contributed by atoms with van der Waals surface area (Å²) in [4.78, 5) is 16.3. The second-order valence-corrected chi connectivity index (χ2v) is 9.62. The SMILES string of the molecule is O=C(CS(=O)(=O)C1CC1)N1CCC(N2CCc3cc(F)ccc32)CC1. The van der Waals surface area contributed by atoms with Crippen molar-refractivity contribution >= 4 is 21.4 Å². The van der Waals surface area contributed by atoms with Gasteiger partial charge in [-0.1, -0.05) is 0 Å². The fraction of sp³-hybridized carbons (Fsp3) is 0.611. The number of hydrogen-bond acceptors (Lipinski definition) is 4. The lowest BCUT2D eigenvalue weighted by molar-refractivity contribution is -0.129. The Balaban J connectivity index is 1.35. The third kappa shape index (κ3) is 3.38. The van der Waals surface area contributed by atoms with Gasteiger partial charge >= 0.3 is 0 Å². The van der Waals surface area contributed by atoms with Gasteiger partial charge in [0.15, 0.2) is 9.84 Å². The molecule has 0 unspecified atom stereocenters. The van der Waals surface area contributed by atoms with Gasteiger partial charge in [0, 0.05) is 31.4 Å². The number of rotatable bonds is 4. The molecule has 136 valence electrons. The zero-order chi connectivity index (χ0) is 17.6. The quantitative estimate of drug-likeness (QED) is 0.815. The number of hydrogen-bond donors (Lipinski definition) is 0. The summed E-state index contributed by atoms with van der Waals surface area (Å²) in [5, 5.41) is -0.282. The first-order valence-corrected chi connectivity index (χ1v) is 10.7. The van der Waals surface area contributed by atoms with Crippen molar-refractivity contribution in [1.29, 1.82) is 0 Å². The van der Waals surface area contributed by atoms with Crippen LogP contribution in [0.5, 0.6) is 0 Å². The molecule has 0 bridgehead atoms. The summed E-state index contributed by atoms with van der Waals surface area (Å²) >= 11 is 0. The largest absolute Gasteiger partial charge is 0.368 e. The van der Waals surface area contributed by atoms with Crippen LogP contribution >= 0.6 is 0 Å². The molecule has 4 rings (SSSR count). The number of halogens is 1. The maximum Gasteiger partial charge on any atom is 0.237 e. The third-order valence-corrected chi connectivity index (χ3v) is 7.72. The van der Waals surface area contributed by atoms with Crippen molar-refractivity contribution in [3.05, 3.63) is 29.6 Å². The van der Waals surface area contributed by atoms with Crippen LogP contribution in [0.15, 0.2) is 18.2 Å². The first-order chi connectivity index (χ1) is 11.9. The molecule has 1 aromatic rings. The molecule has 0 spiro atoms. The molecule has 1 aliphatic carbocycles. The van der Waals surface area contributed by atoms with Gasteiger partial charge in [0.2, 0.25) is 5.91 Å². The monoisotopic (exact) mass is 366 g/mol. The van der Waals surface area contributed by atoms with Gasteiger partial charge in [-0.15, -0.1) is 0 Å². The van der Waals surface area contributed by atoms with E-state index in [2.05, 4.69) is 4.90 Å². The van der Waals surface area contributed by atoms with Gasteiger partial charge < -0.3 is 9.80 Å². The van der Waals surface area contributed by atoms with E-state index in [4.69, 9.17) is 0 Å². The average Bonchev–Trinajstić information content (AvgIpc) is 3.36. The predicted molar refractivity (Wildman–Crippen MR) is 93.9 cm³/mol. The standard InChI is InChI=1S/C18H23FN2O3S/c19-14-1-4-17-13(11-14)5-10-21(17)15-6-8-20(9-7-15)18(22)12-25(23,24)16-2-3-16/h1,4,11,15-16H,2-3,5-10,12H2. The lowest BCUT2D eigenvalue weighted by Crippen LogP contribution is -2.48. The molecular weight excluding hydrogens is 343 g/mol. The summed E-state index contributed by atoms with van der Waals surface area (Å²) in [6, 6.07) is 5.28. The van der Waals surface area contributed by atoms with Gasteiger partial charge in [0.1, 0.15) is 11.6 Å². The Hall–Kier alpha value is -1.63. The van der Waals surface area contributed by atoms with Crippen LogP contribution < -0.4 is 4.90 Å². The number of piperidine rings is 1.